The fourth-order valence-electron chi connectivity index (χ4n) is 2.68. The highest BCUT2D eigenvalue weighted by atomic mass is 16.5. The normalized spacial score (nSPS) is 24.6. The van der Waals surface area contributed by atoms with Crippen molar-refractivity contribution in [1.29, 1.82) is 0 Å². The van der Waals surface area contributed by atoms with Gasteiger partial charge in [-0.05, 0) is 6.42 Å². The maximum absolute atomic E-state index is 12.1. The van der Waals surface area contributed by atoms with Gasteiger partial charge >= 0.3 is 5.97 Å². The molecule has 1 amide bonds. The number of carbonyl (C=O) groups excluding carboxylic acids is 1. The first kappa shape index (κ1) is 16.2. The van der Waals surface area contributed by atoms with E-state index in [1.54, 1.807) is 4.90 Å². The highest BCUT2D eigenvalue weighted by Gasteiger charge is 2.25. The molecule has 21 heavy (non-hydrogen) atoms. The second-order valence-corrected chi connectivity index (χ2v) is 5.49. The molecule has 0 aromatic carbocycles. The molecule has 1 N–H and O–H groups in total. The molecular weight excluding hydrogens is 276 g/mol. The van der Waals surface area contributed by atoms with Gasteiger partial charge in [-0.3, -0.25) is 14.5 Å². The largest absolute Gasteiger partial charge is 0.481 e. The van der Waals surface area contributed by atoms with E-state index in [4.69, 9.17) is 14.6 Å². The van der Waals surface area contributed by atoms with Crippen LogP contribution in [0.1, 0.15) is 19.3 Å². The Hall–Kier alpha value is -1.18. The lowest BCUT2D eigenvalue weighted by Gasteiger charge is -2.31. The summed E-state index contributed by atoms with van der Waals surface area (Å²) in [7, 11) is 0. The predicted molar refractivity (Wildman–Crippen MR) is 75.1 cm³/mol. The number of carboxylic acids is 1. The molecule has 1 atom stereocenters. The molecule has 2 heterocycles. The summed E-state index contributed by atoms with van der Waals surface area (Å²) in [5.41, 5.74) is 0. The second-order valence-electron chi connectivity index (χ2n) is 5.49. The molecule has 0 radical (unpaired) electrons. The van der Waals surface area contributed by atoms with E-state index in [1.165, 1.54) is 0 Å². The van der Waals surface area contributed by atoms with Gasteiger partial charge < -0.3 is 19.5 Å². The Bertz CT molecular complexity index is 357. The molecular formula is C14H24N2O5. The van der Waals surface area contributed by atoms with Crippen LogP contribution in [0.4, 0.5) is 0 Å². The number of hydrogen-bond donors (Lipinski definition) is 1. The standard InChI is InChI=1S/C14H24N2O5/c17-13(2-3-14(18)19)16-4-1-7-21-12(11-16)10-15-5-8-20-9-6-15/h12H,1-11H2,(H,18,19)/t12-/m1/s1. The minimum Gasteiger partial charge on any atom is -0.481 e. The fraction of sp³-hybridized carbons (Fsp3) is 0.857. The molecule has 7 heteroatoms. The van der Waals surface area contributed by atoms with E-state index in [-0.39, 0.29) is 24.9 Å². The Balaban J connectivity index is 1.82. The van der Waals surface area contributed by atoms with Crippen molar-refractivity contribution in [1.82, 2.24) is 9.80 Å². The van der Waals surface area contributed by atoms with E-state index in [0.717, 1.165) is 39.3 Å². The SMILES string of the molecule is O=C(O)CCC(=O)N1CCCO[C@H](CN2CCOCC2)C1. The van der Waals surface area contributed by atoms with Crippen LogP contribution in [0.25, 0.3) is 0 Å². The number of nitrogens with zero attached hydrogens (tertiary/aromatic N) is 2. The monoisotopic (exact) mass is 300 g/mol. The van der Waals surface area contributed by atoms with Gasteiger partial charge in [-0.1, -0.05) is 0 Å². The van der Waals surface area contributed by atoms with Gasteiger partial charge in [-0.15, -0.1) is 0 Å². The predicted octanol–water partition coefficient (Wildman–Crippen LogP) is -0.199. The van der Waals surface area contributed by atoms with Crippen molar-refractivity contribution in [3.63, 3.8) is 0 Å². The van der Waals surface area contributed by atoms with E-state index in [0.29, 0.717) is 19.7 Å². The molecule has 0 saturated carbocycles. The first-order valence-corrected chi connectivity index (χ1v) is 7.56. The smallest absolute Gasteiger partial charge is 0.303 e. The van der Waals surface area contributed by atoms with Gasteiger partial charge in [0.05, 0.1) is 25.7 Å². The average molecular weight is 300 g/mol. The number of rotatable bonds is 5. The lowest BCUT2D eigenvalue weighted by atomic mass is 10.2. The van der Waals surface area contributed by atoms with E-state index in [2.05, 4.69) is 4.90 Å². The number of ether oxygens (including phenoxy) is 2. The van der Waals surface area contributed by atoms with Crippen LogP contribution in [0.3, 0.4) is 0 Å². The maximum atomic E-state index is 12.1. The Labute approximate surface area is 124 Å². The molecule has 0 unspecified atom stereocenters. The van der Waals surface area contributed by atoms with Crippen LogP contribution in [0, 0.1) is 0 Å². The zero-order valence-electron chi connectivity index (χ0n) is 12.3. The number of amides is 1. The van der Waals surface area contributed by atoms with Crippen LogP contribution in [0.2, 0.25) is 0 Å². The van der Waals surface area contributed by atoms with E-state index < -0.39 is 5.97 Å². The first-order chi connectivity index (χ1) is 10.1. The Morgan fingerprint density at radius 1 is 1.10 bits per heavy atom. The fourth-order valence-corrected chi connectivity index (χ4v) is 2.68. The topological polar surface area (TPSA) is 79.3 Å². The number of hydrogen-bond acceptors (Lipinski definition) is 5. The lowest BCUT2D eigenvalue weighted by molar-refractivity contribution is -0.141. The summed E-state index contributed by atoms with van der Waals surface area (Å²) < 4.78 is 11.1. The highest BCUT2D eigenvalue weighted by molar-refractivity contribution is 5.80. The van der Waals surface area contributed by atoms with Crippen molar-refractivity contribution >= 4 is 11.9 Å². The van der Waals surface area contributed by atoms with Crippen LogP contribution < -0.4 is 0 Å². The van der Waals surface area contributed by atoms with E-state index in [1.807, 2.05) is 0 Å². The summed E-state index contributed by atoms with van der Waals surface area (Å²) in [5, 5.41) is 8.67. The van der Waals surface area contributed by atoms with Gasteiger partial charge in [0.2, 0.25) is 5.91 Å². The molecule has 0 aliphatic carbocycles. The van der Waals surface area contributed by atoms with Crippen molar-refractivity contribution in [2.45, 2.75) is 25.4 Å². The Kier molecular flexibility index (Phi) is 6.41. The minimum absolute atomic E-state index is 0.000576. The summed E-state index contributed by atoms with van der Waals surface area (Å²) in [5.74, 6) is -1.02. The molecule has 2 saturated heterocycles. The summed E-state index contributed by atoms with van der Waals surface area (Å²) >= 11 is 0. The van der Waals surface area contributed by atoms with Gasteiger partial charge in [0.25, 0.3) is 0 Å². The molecule has 7 nitrogen and oxygen atoms in total. The Morgan fingerprint density at radius 3 is 2.57 bits per heavy atom. The quantitative estimate of drug-likeness (QED) is 0.757. The summed E-state index contributed by atoms with van der Waals surface area (Å²) in [6.07, 6.45) is 0.766. The average Bonchev–Trinajstić information content (AvgIpc) is 2.71. The van der Waals surface area contributed by atoms with Gasteiger partial charge in [-0.25, -0.2) is 0 Å². The molecule has 2 fully saturated rings. The zero-order chi connectivity index (χ0) is 15.1. The number of carboxylic acid groups (broad SMARTS) is 1. The summed E-state index contributed by atoms with van der Waals surface area (Å²) in [4.78, 5) is 26.7. The summed E-state index contributed by atoms with van der Waals surface area (Å²) in [6.45, 7) is 5.93. The van der Waals surface area contributed by atoms with Gasteiger partial charge in [0.15, 0.2) is 0 Å². The van der Waals surface area contributed by atoms with Crippen molar-refractivity contribution in [2.24, 2.45) is 0 Å². The zero-order valence-corrected chi connectivity index (χ0v) is 12.3. The number of morpholine rings is 1. The van der Waals surface area contributed by atoms with Crippen LogP contribution >= 0.6 is 0 Å². The second kappa shape index (κ2) is 8.31. The third-order valence-corrected chi connectivity index (χ3v) is 3.82. The van der Waals surface area contributed by atoms with Crippen molar-refractivity contribution in [3.05, 3.63) is 0 Å². The molecule has 120 valence electrons. The molecule has 0 spiro atoms. The molecule has 0 aromatic rings. The van der Waals surface area contributed by atoms with Crippen LogP contribution in [0.5, 0.6) is 0 Å². The third-order valence-electron chi connectivity index (χ3n) is 3.82. The molecule has 2 aliphatic heterocycles. The third kappa shape index (κ3) is 5.61. The summed E-state index contributed by atoms with van der Waals surface area (Å²) in [6, 6.07) is 0. The molecule has 2 rings (SSSR count). The molecule has 0 bridgehead atoms. The van der Waals surface area contributed by atoms with E-state index in [9.17, 15) is 9.59 Å². The van der Waals surface area contributed by atoms with Gasteiger partial charge in [-0.2, -0.15) is 0 Å². The van der Waals surface area contributed by atoms with Crippen LogP contribution in [-0.2, 0) is 19.1 Å². The van der Waals surface area contributed by atoms with Gasteiger partial charge in [0, 0.05) is 45.8 Å². The minimum atomic E-state index is -0.931. The maximum Gasteiger partial charge on any atom is 0.303 e. The Morgan fingerprint density at radius 2 is 1.86 bits per heavy atom. The lowest BCUT2D eigenvalue weighted by Crippen LogP contribution is -2.45. The first-order valence-electron chi connectivity index (χ1n) is 7.56. The van der Waals surface area contributed by atoms with Crippen LogP contribution in [0.15, 0.2) is 0 Å². The van der Waals surface area contributed by atoms with Crippen LogP contribution in [-0.4, -0.2) is 85.4 Å². The van der Waals surface area contributed by atoms with Gasteiger partial charge in [0.1, 0.15) is 0 Å². The van der Waals surface area contributed by atoms with E-state index >= 15 is 0 Å². The van der Waals surface area contributed by atoms with Crippen molar-refractivity contribution in [2.75, 3.05) is 52.5 Å². The molecule has 2 aliphatic rings. The number of carbonyl (C=O) groups is 2. The highest BCUT2D eigenvalue weighted by Crippen LogP contribution is 2.11. The van der Waals surface area contributed by atoms with Crippen molar-refractivity contribution < 1.29 is 24.2 Å². The number of aliphatic carboxylic acids is 1. The van der Waals surface area contributed by atoms with Crippen molar-refractivity contribution in [3.8, 4) is 0 Å². The molecule has 0 aromatic heterocycles.